The van der Waals surface area contributed by atoms with Crippen LogP contribution in [0.25, 0.3) is 11.3 Å². The van der Waals surface area contributed by atoms with Gasteiger partial charge in [0.2, 0.25) is 0 Å². The molecule has 2 rings (SSSR count). The normalized spacial score (nSPS) is 11.6. The zero-order valence-electron chi connectivity index (χ0n) is 17.6. The Morgan fingerprint density at radius 3 is 1.89 bits per heavy atom. The van der Waals surface area contributed by atoms with Crippen LogP contribution in [0.4, 0.5) is 0 Å². The molecule has 0 aliphatic carbocycles. The van der Waals surface area contributed by atoms with Gasteiger partial charge in [-0.05, 0) is 0 Å². The number of nitrogens with zero attached hydrogens (tertiary/aromatic N) is 2. The molecular weight excluding hydrogens is 439 g/mol. The Bertz CT molecular complexity index is 651. The summed E-state index contributed by atoms with van der Waals surface area (Å²) < 4.78 is 11.2. The molecule has 1 aromatic carbocycles. The third-order valence-electron chi connectivity index (χ3n) is 5.68. The van der Waals surface area contributed by atoms with E-state index in [9.17, 15) is 0 Å². The predicted octanol–water partition coefficient (Wildman–Crippen LogP) is 6.21. The summed E-state index contributed by atoms with van der Waals surface area (Å²) in [4.78, 5) is 0. The molecule has 1 aromatic heterocycles. The third-order valence-corrected chi connectivity index (χ3v) is 21.2. The minimum atomic E-state index is -2.45. The summed E-state index contributed by atoms with van der Waals surface area (Å²) in [5, 5.41) is 8.93. The quantitative estimate of drug-likeness (QED) is 0.343. The molecular formula is C23H36N2OSn. The summed E-state index contributed by atoms with van der Waals surface area (Å²) in [6.07, 6.45) is 10.1. The first kappa shape index (κ1) is 22.2. The van der Waals surface area contributed by atoms with E-state index in [1.165, 1.54) is 51.8 Å². The number of aromatic nitrogens is 2. The molecule has 0 aliphatic rings. The zero-order chi connectivity index (χ0) is 19.5. The van der Waals surface area contributed by atoms with Gasteiger partial charge in [-0.1, -0.05) is 0 Å². The summed E-state index contributed by atoms with van der Waals surface area (Å²) in [6, 6.07) is 10.6. The van der Waals surface area contributed by atoms with Crippen molar-refractivity contribution in [2.75, 3.05) is 7.11 Å². The third kappa shape index (κ3) is 6.20. The van der Waals surface area contributed by atoms with Crippen LogP contribution in [0.15, 0.2) is 36.5 Å². The monoisotopic (exact) mass is 476 g/mol. The molecule has 0 fully saturated rings. The number of hydrogen-bond donors (Lipinski definition) is 0. The van der Waals surface area contributed by atoms with Crippen LogP contribution in [0.5, 0.6) is 5.75 Å². The van der Waals surface area contributed by atoms with E-state index in [0.29, 0.717) is 0 Å². The van der Waals surface area contributed by atoms with Crippen molar-refractivity contribution in [3.05, 3.63) is 36.5 Å². The topological polar surface area (TPSA) is 35.0 Å². The Morgan fingerprint density at radius 1 is 0.852 bits per heavy atom. The molecule has 0 amide bonds. The second-order valence-electron chi connectivity index (χ2n) is 7.65. The van der Waals surface area contributed by atoms with Crippen molar-refractivity contribution >= 4 is 22.0 Å². The van der Waals surface area contributed by atoms with E-state index in [1.807, 2.05) is 12.1 Å². The molecule has 0 N–H and O–H groups in total. The van der Waals surface area contributed by atoms with Crippen LogP contribution in [0.3, 0.4) is 0 Å². The second-order valence-corrected chi connectivity index (χ2v) is 20.9. The van der Waals surface area contributed by atoms with Gasteiger partial charge in [-0.25, -0.2) is 0 Å². The number of ether oxygens (including phenoxy) is 1. The Balaban J connectivity index is 2.40. The number of benzene rings is 1. The van der Waals surface area contributed by atoms with Gasteiger partial charge >= 0.3 is 170 Å². The molecule has 0 bridgehead atoms. The number of unbranched alkanes of at least 4 members (excludes halogenated alkanes) is 3. The van der Waals surface area contributed by atoms with Gasteiger partial charge in [0.15, 0.2) is 0 Å². The van der Waals surface area contributed by atoms with Crippen molar-refractivity contribution in [3.8, 4) is 17.0 Å². The molecule has 148 valence electrons. The van der Waals surface area contributed by atoms with Gasteiger partial charge in [-0.3, -0.25) is 0 Å². The van der Waals surface area contributed by atoms with Crippen molar-refractivity contribution in [1.82, 2.24) is 10.2 Å². The van der Waals surface area contributed by atoms with E-state index in [1.54, 1.807) is 10.7 Å². The summed E-state index contributed by atoms with van der Waals surface area (Å²) in [6.45, 7) is 6.97. The number of rotatable bonds is 12. The molecule has 0 saturated heterocycles. The minimum absolute atomic E-state index is 0.880. The maximum absolute atomic E-state index is 5.29. The summed E-state index contributed by atoms with van der Waals surface area (Å²) in [5.74, 6) is 0.880. The summed E-state index contributed by atoms with van der Waals surface area (Å²) in [5.41, 5.74) is 2.15. The van der Waals surface area contributed by atoms with Crippen molar-refractivity contribution in [2.24, 2.45) is 0 Å². The van der Waals surface area contributed by atoms with Crippen LogP contribution in [-0.4, -0.2) is 35.7 Å². The standard InChI is InChI=1S/C11H9N2O.3C4H9.Sn/c1-14-10-6-4-9(5-7-10)11-3-2-8-12-13-11;3*1-3-4-2;/h3-8H,1H3;3*1,3-4H2,2H3;. The van der Waals surface area contributed by atoms with E-state index < -0.39 is 18.4 Å². The molecule has 3 nitrogen and oxygen atoms in total. The van der Waals surface area contributed by atoms with Crippen molar-refractivity contribution in [3.63, 3.8) is 0 Å². The molecule has 0 aliphatic heterocycles. The Morgan fingerprint density at radius 2 is 1.41 bits per heavy atom. The predicted molar refractivity (Wildman–Crippen MR) is 119 cm³/mol. The fraction of sp³-hybridized carbons (Fsp3) is 0.565. The van der Waals surface area contributed by atoms with Gasteiger partial charge in [-0.2, -0.15) is 0 Å². The number of hydrogen-bond acceptors (Lipinski definition) is 3. The van der Waals surface area contributed by atoms with Crippen molar-refractivity contribution < 1.29 is 4.74 Å². The van der Waals surface area contributed by atoms with Crippen LogP contribution in [0, 0.1) is 0 Å². The van der Waals surface area contributed by atoms with Gasteiger partial charge in [0.1, 0.15) is 0 Å². The maximum atomic E-state index is 5.29. The Kier molecular flexibility index (Phi) is 9.60. The molecule has 0 unspecified atom stereocenters. The fourth-order valence-corrected chi connectivity index (χ4v) is 19.6. The summed E-state index contributed by atoms with van der Waals surface area (Å²) >= 11 is -2.45. The van der Waals surface area contributed by atoms with E-state index in [4.69, 9.17) is 4.74 Å². The molecule has 0 saturated carbocycles. The van der Waals surface area contributed by atoms with E-state index in [-0.39, 0.29) is 0 Å². The first-order valence-electron chi connectivity index (χ1n) is 10.7. The average Bonchev–Trinajstić information content (AvgIpc) is 2.73. The van der Waals surface area contributed by atoms with Crippen LogP contribution in [0.2, 0.25) is 13.3 Å². The van der Waals surface area contributed by atoms with Crippen molar-refractivity contribution in [2.45, 2.75) is 72.6 Å². The number of methoxy groups -OCH3 is 1. The zero-order valence-corrected chi connectivity index (χ0v) is 20.5. The fourth-order valence-electron chi connectivity index (χ4n) is 3.91. The average molecular weight is 475 g/mol. The van der Waals surface area contributed by atoms with E-state index in [0.717, 1.165) is 17.0 Å². The Hall–Kier alpha value is -1.10. The molecule has 0 spiro atoms. The molecule has 27 heavy (non-hydrogen) atoms. The van der Waals surface area contributed by atoms with Gasteiger partial charge in [-0.15, -0.1) is 0 Å². The molecule has 4 heteroatoms. The van der Waals surface area contributed by atoms with Crippen LogP contribution >= 0.6 is 0 Å². The first-order chi connectivity index (χ1) is 13.2. The van der Waals surface area contributed by atoms with E-state index in [2.05, 4.69) is 55.4 Å². The first-order valence-corrected chi connectivity index (χ1v) is 18.1. The SMILES string of the molecule is CCC[CH2][Sn]([CH2]CCC)([CH2]CCC)[c]1cnnc(-c2ccc(OC)cc2)c1. The van der Waals surface area contributed by atoms with Gasteiger partial charge in [0, 0.05) is 0 Å². The van der Waals surface area contributed by atoms with Crippen LogP contribution in [0.1, 0.15) is 59.3 Å². The van der Waals surface area contributed by atoms with Gasteiger partial charge in [0.25, 0.3) is 0 Å². The molecule has 0 radical (unpaired) electrons. The van der Waals surface area contributed by atoms with E-state index >= 15 is 0 Å². The van der Waals surface area contributed by atoms with Crippen LogP contribution in [-0.2, 0) is 0 Å². The summed E-state index contributed by atoms with van der Waals surface area (Å²) in [7, 11) is 1.70. The molecule has 2 aromatic rings. The van der Waals surface area contributed by atoms with Crippen LogP contribution < -0.4 is 8.32 Å². The van der Waals surface area contributed by atoms with Gasteiger partial charge < -0.3 is 0 Å². The van der Waals surface area contributed by atoms with Crippen molar-refractivity contribution in [1.29, 1.82) is 0 Å². The molecule has 0 atom stereocenters. The van der Waals surface area contributed by atoms with Gasteiger partial charge in [0.05, 0.1) is 0 Å². The Labute approximate surface area is 169 Å². The molecule has 1 heterocycles. The second kappa shape index (κ2) is 11.7.